The molecule has 6 rings (SSSR count). The number of urea groups is 1. The first kappa shape index (κ1) is 25.1. The fraction of sp³-hybridized carbons (Fsp3) is 0.267. The lowest BCUT2D eigenvalue weighted by Gasteiger charge is -2.35. The molecule has 1 spiro atoms. The van der Waals surface area contributed by atoms with Crippen molar-refractivity contribution in [3.05, 3.63) is 94.3 Å². The van der Waals surface area contributed by atoms with Gasteiger partial charge in [0.05, 0.1) is 17.7 Å². The molecule has 39 heavy (non-hydrogen) atoms. The van der Waals surface area contributed by atoms with Gasteiger partial charge in [-0.25, -0.2) is 4.79 Å². The number of carbonyl (C=O) groups excluding carboxylic acids is 3. The lowest BCUT2D eigenvalue weighted by atomic mass is 9.79. The third-order valence-corrected chi connectivity index (χ3v) is 8.60. The number of aromatic nitrogens is 1. The van der Waals surface area contributed by atoms with Crippen molar-refractivity contribution < 1.29 is 14.4 Å². The molecule has 0 bridgehead atoms. The molecule has 0 radical (unpaired) electrons. The number of hydrogen-bond donors (Lipinski definition) is 3. The van der Waals surface area contributed by atoms with Crippen molar-refractivity contribution >= 4 is 45.8 Å². The summed E-state index contributed by atoms with van der Waals surface area (Å²) in [6, 6.07) is 21.0. The number of amides is 4. The molecule has 0 atom stereocenters. The fourth-order valence-electron chi connectivity index (χ4n) is 5.55. The van der Waals surface area contributed by atoms with E-state index in [1.807, 2.05) is 66.0 Å². The third kappa shape index (κ3) is 4.97. The van der Waals surface area contributed by atoms with Crippen LogP contribution in [0.5, 0.6) is 0 Å². The normalized spacial score (nSPS) is 20.8. The standard InChI is InChI=1S/C30H29N5O3S/c36-27(26-25(13-17-39-26)32-18-21-12-16-31-24-9-5-4-8-23(21)24)33-22-10-14-30(15-11-22)28(37)35(29(38)34-30)19-20-6-2-1-3-7-20/h1-9,12-13,16-17,22,32H,10-11,14-15,18-19H2,(H,33,36)(H,34,38). The van der Waals surface area contributed by atoms with Gasteiger partial charge in [-0.2, -0.15) is 0 Å². The van der Waals surface area contributed by atoms with Crippen LogP contribution in [0, 0.1) is 0 Å². The fourth-order valence-corrected chi connectivity index (χ4v) is 6.33. The number of nitrogens with one attached hydrogen (secondary N) is 3. The highest BCUT2D eigenvalue weighted by Crippen LogP contribution is 2.35. The molecule has 8 nitrogen and oxygen atoms in total. The van der Waals surface area contributed by atoms with Crippen molar-refractivity contribution in [3.8, 4) is 0 Å². The molecule has 3 heterocycles. The maximum atomic E-state index is 13.3. The molecule has 2 aliphatic rings. The lowest BCUT2D eigenvalue weighted by Crippen LogP contribution is -2.52. The van der Waals surface area contributed by atoms with Crippen molar-refractivity contribution in [1.29, 1.82) is 0 Å². The van der Waals surface area contributed by atoms with Crippen LogP contribution in [-0.4, -0.2) is 39.3 Å². The summed E-state index contributed by atoms with van der Waals surface area (Å²) >= 11 is 1.40. The second kappa shape index (κ2) is 10.5. The van der Waals surface area contributed by atoms with Crippen LogP contribution in [0.3, 0.4) is 0 Å². The average Bonchev–Trinajstić information content (AvgIpc) is 3.52. The SMILES string of the molecule is O=C(NC1CCC2(CC1)NC(=O)N(Cc1ccccc1)C2=O)c1sccc1NCc1ccnc2ccccc12. The van der Waals surface area contributed by atoms with Crippen LogP contribution >= 0.6 is 11.3 Å². The Balaban J connectivity index is 1.06. The van der Waals surface area contributed by atoms with Gasteiger partial charge in [0.2, 0.25) is 0 Å². The van der Waals surface area contributed by atoms with E-state index >= 15 is 0 Å². The Bertz CT molecular complexity index is 1520. The van der Waals surface area contributed by atoms with Crippen LogP contribution in [0.1, 0.15) is 46.5 Å². The molecule has 4 amide bonds. The summed E-state index contributed by atoms with van der Waals surface area (Å²) in [6.07, 6.45) is 4.04. The van der Waals surface area contributed by atoms with Gasteiger partial charge in [-0.15, -0.1) is 11.3 Å². The van der Waals surface area contributed by atoms with Crippen LogP contribution < -0.4 is 16.0 Å². The monoisotopic (exact) mass is 539 g/mol. The minimum absolute atomic E-state index is 0.0601. The third-order valence-electron chi connectivity index (χ3n) is 7.68. The van der Waals surface area contributed by atoms with Gasteiger partial charge in [0.25, 0.3) is 11.8 Å². The smallest absolute Gasteiger partial charge is 0.325 e. The number of carbonyl (C=O) groups is 3. The predicted molar refractivity (Wildman–Crippen MR) is 151 cm³/mol. The van der Waals surface area contributed by atoms with Gasteiger partial charge in [-0.3, -0.25) is 19.5 Å². The minimum atomic E-state index is -0.879. The summed E-state index contributed by atoms with van der Waals surface area (Å²) in [6.45, 7) is 0.837. The van der Waals surface area contributed by atoms with Crippen LogP contribution in [0.25, 0.3) is 10.9 Å². The largest absolute Gasteiger partial charge is 0.380 e. The number of hydrogen-bond acceptors (Lipinski definition) is 6. The van der Waals surface area contributed by atoms with E-state index in [2.05, 4.69) is 27.0 Å². The van der Waals surface area contributed by atoms with E-state index in [9.17, 15) is 14.4 Å². The summed E-state index contributed by atoms with van der Waals surface area (Å²) < 4.78 is 0. The first-order valence-corrected chi connectivity index (χ1v) is 14.0. The Kier molecular flexibility index (Phi) is 6.74. The molecule has 1 aliphatic heterocycles. The number of para-hydroxylation sites is 1. The lowest BCUT2D eigenvalue weighted by molar-refractivity contribution is -0.132. The van der Waals surface area contributed by atoms with Crippen molar-refractivity contribution in [2.45, 2.75) is 50.4 Å². The van der Waals surface area contributed by atoms with Gasteiger partial charge in [-0.05, 0) is 60.4 Å². The van der Waals surface area contributed by atoms with E-state index in [1.165, 1.54) is 16.2 Å². The molecule has 9 heteroatoms. The molecule has 1 aliphatic carbocycles. The predicted octanol–water partition coefficient (Wildman–Crippen LogP) is 5.07. The van der Waals surface area contributed by atoms with Gasteiger partial charge in [-0.1, -0.05) is 48.5 Å². The summed E-state index contributed by atoms with van der Waals surface area (Å²) in [5.41, 5.74) is 2.88. The van der Waals surface area contributed by atoms with Crippen LogP contribution in [0.4, 0.5) is 10.5 Å². The molecule has 2 fully saturated rings. The number of anilines is 1. The maximum Gasteiger partial charge on any atom is 0.325 e. The van der Waals surface area contributed by atoms with Crippen molar-refractivity contribution in [2.24, 2.45) is 0 Å². The van der Waals surface area contributed by atoms with Crippen molar-refractivity contribution in [1.82, 2.24) is 20.5 Å². The van der Waals surface area contributed by atoms with Crippen LogP contribution in [0.15, 0.2) is 78.3 Å². The second-order valence-corrected chi connectivity index (χ2v) is 11.1. The van der Waals surface area contributed by atoms with Gasteiger partial charge >= 0.3 is 6.03 Å². The molecule has 3 N–H and O–H groups in total. The Labute approximate surface area is 230 Å². The van der Waals surface area contributed by atoms with E-state index in [4.69, 9.17) is 0 Å². The second-order valence-electron chi connectivity index (χ2n) is 10.1. The molecule has 0 unspecified atom stereocenters. The zero-order chi connectivity index (χ0) is 26.8. The number of fused-ring (bicyclic) bond motifs is 1. The number of benzene rings is 2. The molecule has 4 aromatic rings. The average molecular weight is 540 g/mol. The molecule has 2 aromatic carbocycles. The van der Waals surface area contributed by atoms with Gasteiger partial charge in [0, 0.05) is 24.2 Å². The van der Waals surface area contributed by atoms with E-state index in [0.29, 0.717) is 37.1 Å². The van der Waals surface area contributed by atoms with Crippen molar-refractivity contribution in [2.75, 3.05) is 5.32 Å². The van der Waals surface area contributed by atoms with E-state index in [0.717, 1.165) is 27.7 Å². The summed E-state index contributed by atoms with van der Waals surface area (Å²) in [7, 11) is 0. The van der Waals surface area contributed by atoms with Crippen molar-refractivity contribution in [3.63, 3.8) is 0 Å². The first-order valence-electron chi connectivity index (χ1n) is 13.2. The number of pyridine rings is 1. The Morgan fingerprint density at radius 3 is 2.62 bits per heavy atom. The highest BCUT2D eigenvalue weighted by molar-refractivity contribution is 7.12. The Hall–Kier alpha value is -4.24. The summed E-state index contributed by atoms with van der Waals surface area (Å²) in [5.74, 6) is -0.296. The van der Waals surface area contributed by atoms with Gasteiger partial charge in [0.1, 0.15) is 10.4 Å². The van der Waals surface area contributed by atoms with Crippen LogP contribution in [0.2, 0.25) is 0 Å². The number of thiophene rings is 1. The molecule has 2 aromatic heterocycles. The van der Waals surface area contributed by atoms with E-state index in [-0.39, 0.29) is 30.4 Å². The quantitative estimate of drug-likeness (QED) is 0.285. The first-order chi connectivity index (χ1) is 19.0. The topological polar surface area (TPSA) is 103 Å². The molecule has 198 valence electrons. The highest BCUT2D eigenvalue weighted by Gasteiger charge is 2.52. The summed E-state index contributed by atoms with van der Waals surface area (Å²) in [4.78, 5) is 45.5. The Morgan fingerprint density at radius 1 is 1.03 bits per heavy atom. The molecule has 1 saturated carbocycles. The highest BCUT2D eigenvalue weighted by atomic mass is 32.1. The van der Waals surface area contributed by atoms with Crippen LogP contribution in [-0.2, 0) is 17.9 Å². The Morgan fingerprint density at radius 2 is 1.79 bits per heavy atom. The van der Waals surface area contributed by atoms with Gasteiger partial charge in [0.15, 0.2) is 0 Å². The zero-order valence-corrected chi connectivity index (χ0v) is 22.2. The molecular formula is C30H29N5O3S. The maximum absolute atomic E-state index is 13.3. The summed E-state index contributed by atoms with van der Waals surface area (Å²) in [5, 5.41) is 12.5. The zero-order valence-electron chi connectivity index (χ0n) is 21.4. The number of rotatable bonds is 7. The minimum Gasteiger partial charge on any atom is -0.380 e. The van der Waals surface area contributed by atoms with E-state index in [1.54, 1.807) is 6.20 Å². The number of nitrogens with zero attached hydrogens (tertiary/aromatic N) is 2. The molecular weight excluding hydrogens is 510 g/mol. The molecule has 1 saturated heterocycles. The van der Waals surface area contributed by atoms with Gasteiger partial charge < -0.3 is 16.0 Å². The number of imide groups is 1. The van der Waals surface area contributed by atoms with E-state index < -0.39 is 5.54 Å².